The Morgan fingerprint density at radius 3 is 2.94 bits per heavy atom. The van der Waals surface area contributed by atoms with Gasteiger partial charge in [0.1, 0.15) is 5.01 Å². The summed E-state index contributed by atoms with van der Waals surface area (Å²) >= 11 is 7.57. The lowest BCUT2D eigenvalue weighted by Gasteiger charge is -2.12. The van der Waals surface area contributed by atoms with Gasteiger partial charge >= 0.3 is 0 Å². The number of carbonyl (C=O) groups excluding carboxylic acids is 1. The summed E-state index contributed by atoms with van der Waals surface area (Å²) in [6.45, 7) is 3.82. The van der Waals surface area contributed by atoms with E-state index >= 15 is 0 Å². The number of halogens is 1. The number of carbonyl (C=O) groups is 1. The molecule has 0 bridgehead atoms. The van der Waals surface area contributed by atoms with Gasteiger partial charge in [-0.3, -0.25) is 9.48 Å². The Morgan fingerprint density at radius 1 is 1.35 bits per heavy atom. The maximum atomic E-state index is 12.5. The maximum absolute atomic E-state index is 12.5. The average molecular weight is 456 g/mol. The number of ether oxygens (including phenoxy) is 1. The highest BCUT2D eigenvalue weighted by atomic mass is 35.5. The van der Waals surface area contributed by atoms with Gasteiger partial charge in [-0.2, -0.15) is 10.1 Å². The number of nitrogens with zero attached hydrogens (tertiary/aromatic N) is 4. The number of nitrogens with one attached hydrogen (secondary N) is 1. The molecule has 160 valence electrons. The summed E-state index contributed by atoms with van der Waals surface area (Å²) in [5.74, 6) is 0.738. The van der Waals surface area contributed by atoms with Gasteiger partial charge in [0, 0.05) is 29.4 Å². The molecule has 1 aromatic carbocycles. The van der Waals surface area contributed by atoms with E-state index in [4.69, 9.17) is 16.3 Å². The summed E-state index contributed by atoms with van der Waals surface area (Å²) in [5, 5.41) is 10.2. The van der Waals surface area contributed by atoms with Crippen LogP contribution in [0, 0.1) is 6.92 Å². The highest BCUT2D eigenvalue weighted by molar-refractivity contribution is 7.18. The molecule has 0 saturated heterocycles. The fourth-order valence-corrected chi connectivity index (χ4v) is 4.98. The Labute approximate surface area is 188 Å². The monoisotopic (exact) mass is 455 g/mol. The normalized spacial score (nSPS) is 14.8. The van der Waals surface area contributed by atoms with Gasteiger partial charge in [0.15, 0.2) is 12.3 Å². The summed E-state index contributed by atoms with van der Waals surface area (Å²) in [6, 6.07) is 7.22. The van der Waals surface area contributed by atoms with Crippen LogP contribution >= 0.6 is 22.9 Å². The second kappa shape index (κ2) is 7.76. The van der Waals surface area contributed by atoms with E-state index in [-0.39, 0.29) is 18.6 Å². The Morgan fingerprint density at radius 2 is 2.16 bits per heavy atom. The largest absolute Gasteiger partial charge is 0.468 e. The van der Waals surface area contributed by atoms with Crippen molar-refractivity contribution < 1.29 is 9.53 Å². The Balaban J connectivity index is 1.26. The molecule has 1 fully saturated rings. The van der Waals surface area contributed by atoms with E-state index in [9.17, 15) is 4.79 Å². The van der Waals surface area contributed by atoms with E-state index in [2.05, 4.69) is 20.4 Å². The number of hydrogen-bond donors (Lipinski definition) is 1. The predicted molar refractivity (Wildman–Crippen MR) is 122 cm³/mol. The molecule has 7 nitrogen and oxygen atoms in total. The number of amides is 1. The van der Waals surface area contributed by atoms with Crippen LogP contribution in [0.25, 0.3) is 21.3 Å². The number of aryl methyl sites for hydroxylation is 2. The lowest BCUT2D eigenvalue weighted by molar-refractivity contribution is -0.123. The van der Waals surface area contributed by atoms with Crippen molar-refractivity contribution in [3.8, 4) is 5.88 Å². The molecular weight excluding hydrogens is 434 g/mol. The van der Waals surface area contributed by atoms with Crippen molar-refractivity contribution in [2.24, 2.45) is 7.05 Å². The zero-order chi connectivity index (χ0) is 21.7. The van der Waals surface area contributed by atoms with E-state index in [0.29, 0.717) is 16.8 Å². The second-order valence-corrected chi connectivity index (χ2v) is 9.50. The van der Waals surface area contributed by atoms with Crippen LogP contribution in [0.2, 0.25) is 5.02 Å². The van der Waals surface area contributed by atoms with Gasteiger partial charge < -0.3 is 10.1 Å². The smallest absolute Gasteiger partial charge is 0.258 e. The quantitative estimate of drug-likeness (QED) is 0.456. The van der Waals surface area contributed by atoms with Gasteiger partial charge in [-0.1, -0.05) is 11.6 Å². The Bertz CT molecular complexity index is 1310. The molecule has 31 heavy (non-hydrogen) atoms. The first-order valence-corrected chi connectivity index (χ1v) is 11.4. The molecule has 1 aliphatic rings. The minimum Gasteiger partial charge on any atom is -0.468 e. The summed E-state index contributed by atoms with van der Waals surface area (Å²) in [6.07, 6.45) is 2.37. The topological polar surface area (TPSA) is 81.9 Å². The van der Waals surface area contributed by atoms with Crippen LogP contribution in [-0.4, -0.2) is 32.3 Å². The van der Waals surface area contributed by atoms with Crippen LogP contribution < -0.4 is 10.1 Å². The molecular formula is C22H22ClN5O2S. The number of rotatable bonds is 6. The molecule has 1 saturated carbocycles. The molecule has 3 aromatic heterocycles. The number of pyridine rings is 1. The van der Waals surface area contributed by atoms with E-state index in [1.807, 2.05) is 45.2 Å². The minimum atomic E-state index is -0.234. The third kappa shape index (κ3) is 3.97. The highest BCUT2D eigenvalue weighted by Gasteiger charge is 2.30. The molecule has 1 amide bonds. The SMILES string of the molecule is Cc1cc(OCC(=O)NC(C)c2nc3ccc(Cl)cc3s2)nc2c1c(C1CC1)nn2C. The van der Waals surface area contributed by atoms with Crippen molar-refractivity contribution in [2.75, 3.05) is 6.61 Å². The Hall–Kier alpha value is -2.71. The number of fused-ring (bicyclic) bond motifs is 2. The van der Waals surface area contributed by atoms with Crippen molar-refractivity contribution in [1.82, 2.24) is 25.1 Å². The first-order valence-electron chi connectivity index (χ1n) is 10.2. The molecule has 0 spiro atoms. The molecule has 1 unspecified atom stereocenters. The molecule has 0 aliphatic heterocycles. The standard InChI is InChI=1S/C22H22ClN5O2S/c1-11-8-18(26-21-19(11)20(13-4-5-13)27-28(21)3)30-10-17(29)24-12(2)22-25-15-7-6-14(23)9-16(15)31-22/h6-9,12-13H,4-5,10H2,1-3H3,(H,24,29). The second-order valence-electron chi connectivity index (χ2n) is 8.00. The van der Waals surface area contributed by atoms with Crippen LogP contribution in [0.1, 0.15) is 48.0 Å². The number of hydrogen-bond acceptors (Lipinski definition) is 6. The predicted octanol–water partition coefficient (Wildman–Crippen LogP) is 4.67. The third-order valence-corrected chi connectivity index (χ3v) is 6.86. The van der Waals surface area contributed by atoms with Gasteiger partial charge in [-0.05, 0) is 50.5 Å². The van der Waals surface area contributed by atoms with Crippen molar-refractivity contribution in [1.29, 1.82) is 0 Å². The minimum absolute atomic E-state index is 0.119. The molecule has 3 heterocycles. The van der Waals surface area contributed by atoms with Crippen molar-refractivity contribution >= 4 is 50.1 Å². The molecule has 4 aromatic rings. The number of aromatic nitrogens is 4. The molecule has 0 radical (unpaired) electrons. The summed E-state index contributed by atoms with van der Waals surface area (Å²) < 4.78 is 8.50. The van der Waals surface area contributed by atoms with Gasteiger partial charge in [0.2, 0.25) is 5.88 Å². The fourth-order valence-electron chi connectivity index (χ4n) is 3.74. The summed E-state index contributed by atoms with van der Waals surface area (Å²) in [7, 11) is 1.89. The zero-order valence-corrected chi connectivity index (χ0v) is 19.0. The van der Waals surface area contributed by atoms with Crippen molar-refractivity contribution in [3.05, 3.63) is 45.6 Å². The van der Waals surface area contributed by atoms with E-state index < -0.39 is 0 Å². The van der Waals surface area contributed by atoms with E-state index in [0.717, 1.165) is 37.5 Å². The fraction of sp³-hybridized carbons (Fsp3) is 0.364. The van der Waals surface area contributed by atoms with E-state index in [1.54, 1.807) is 4.68 Å². The number of thiazole rings is 1. The van der Waals surface area contributed by atoms with Crippen molar-refractivity contribution in [2.45, 2.75) is 38.6 Å². The van der Waals surface area contributed by atoms with Crippen LogP contribution in [0.15, 0.2) is 24.3 Å². The number of benzene rings is 1. The molecule has 5 rings (SSSR count). The summed E-state index contributed by atoms with van der Waals surface area (Å²) in [4.78, 5) is 21.6. The van der Waals surface area contributed by atoms with Gasteiger partial charge in [-0.15, -0.1) is 11.3 Å². The highest BCUT2D eigenvalue weighted by Crippen LogP contribution is 2.43. The van der Waals surface area contributed by atoms with Gasteiger partial charge in [0.05, 0.1) is 22.0 Å². The molecule has 1 aliphatic carbocycles. The lowest BCUT2D eigenvalue weighted by atomic mass is 10.1. The maximum Gasteiger partial charge on any atom is 0.258 e. The zero-order valence-electron chi connectivity index (χ0n) is 17.5. The van der Waals surface area contributed by atoms with Crippen molar-refractivity contribution in [3.63, 3.8) is 0 Å². The first-order chi connectivity index (χ1) is 14.9. The van der Waals surface area contributed by atoms with Crippen LogP contribution in [0.5, 0.6) is 5.88 Å². The summed E-state index contributed by atoms with van der Waals surface area (Å²) in [5.41, 5.74) is 3.85. The van der Waals surface area contributed by atoms with Crippen LogP contribution in [0.4, 0.5) is 0 Å². The van der Waals surface area contributed by atoms with E-state index in [1.165, 1.54) is 24.2 Å². The van der Waals surface area contributed by atoms with Crippen LogP contribution in [-0.2, 0) is 11.8 Å². The third-order valence-electron chi connectivity index (χ3n) is 5.42. The van der Waals surface area contributed by atoms with Crippen LogP contribution in [0.3, 0.4) is 0 Å². The van der Waals surface area contributed by atoms with Gasteiger partial charge in [-0.25, -0.2) is 4.98 Å². The average Bonchev–Trinajstić information content (AvgIpc) is 3.40. The Kier molecular flexibility index (Phi) is 5.06. The molecule has 1 N–H and O–H groups in total. The lowest BCUT2D eigenvalue weighted by Crippen LogP contribution is -2.31. The van der Waals surface area contributed by atoms with Gasteiger partial charge in [0.25, 0.3) is 5.91 Å². The molecule has 9 heteroatoms. The first kappa shape index (κ1) is 20.2. The molecule has 1 atom stereocenters.